The molecule has 0 fully saturated rings. The molecule has 2 aromatic rings. The van der Waals surface area contributed by atoms with Crippen molar-refractivity contribution in [2.75, 3.05) is 0 Å². The maximum Gasteiger partial charge on any atom is 0.410 e. The van der Waals surface area contributed by atoms with E-state index in [9.17, 15) is 4.79 Å². The lowest BCUT2D eigenvalue weighted by atomic mass is 10.2. The van der Waals surface area contributed by atoms with Crippen LogP contribution in [0.3, 0.4) is 0 Å². The molecule has 1 heterocycles. The summed E-state index contributed by atoms with van der Waals surface area (Å²) < 4.78 is 4.89. The minimum atomic E-state index is -0.786. The van der Waals surface area contributed by atoms with Crippen molar-refractivity contribution in [2.45, 2.75) is 0 Å². The normalized spacial score (nSPS) is 9.87. The maximum absolute atomic E-state index is 10.7. The topological polar surface area (TPSA) is 52.3 Å². The minimum absolute atomic E-state index is 0.513. The van der Waals surface area contributed by atoms with Crippen LogP contribution in [0.2, 0.25) is 0 Å². The molecule has 76 valence electrons. The Morgan fingerprint density at radius 3 is 2.60 bits per heavy atom. The van der Waals surface area contributed by atoms with Crippen LogP contribution in [-0.2, 0) is 0 Å². The Morgan fingerprint density at radius 2 is 1.93 bits per heavy atom. The van der Waals surface area contributed by atoms with E-state index in [0.29, 0.717) is 5.75 Å². The number of ether oxygens (including phenoxy) is 1. The van der Waals surface area contributed by atoms with Crippen LogP contribution in [0.15, 0.2) is 41.8 Å². The molecule has 0 aliphatic heterocycles. The van der Waals surface area contributed by atoms with Gasteiger partial charge in [-0.2, -0.15) is 0 Å². The van der Waals surface area contributed by atoms with E-state index in [2.05, 4.69) is 0 Å². The van der Waals surface area contributed by atoms with Crippen LogP contribution in [0.4, 0.5) is 4.79 Å². The molecule has 0 aliphatic rings. The summed E-state index contributed by atoms with van der Waals surface area (Å²) in [7, 11) is 0. The number of hydrogen-bond acceptors (Lipinski definition) is 3. The molecular formula is C11H9NO2S. The van der Waals surface area contributed by atoms with Crippen LogP contribution in [0.5, 0.6) is 5.75 Å². The Kier molecular flexibility index (Phi) is 2.69. The van der Waals surface area contributed by atoms with Gasteiger partial charge in [0, 0.05) is 0 Å². The molecule has 0 bridgehead atoms. The highest BCUT2D eigenvalue weighted by molar-refractivity contribution is 7.14. The monoisotopic (exact) mass is 219 g/mol. The summed E-state index contributed by atoms with van der Waals surface area (Å²) in [6.07, 6.45) is -0.786. The second-order valence-corrected chi connectivity index (χ2v) is 3.82. The van der Waals surface area contributed by atoms with Gasteiger partial charge in [-0.05, 0) is 17.0 Å². The first kappa shape index (κ1) is 9.73. The van der Waals surface area contributed by atoms with Crippen molar-refractivity contribution in [3.8, 4) is 16.2 Å². The van der Waals surface area contributed by atoms with Crippen molar-refractivity contribution in [1.29, 1.82) is 0 Å². The van der Waals surface area contributed by atoms with Crippen molar-refractivity contribution in [1.82, 2.24) is 0 Å². The molecule has 1 aromatic heterocycles. The predicted molar refractivity (Wildman–Crippen MR) is 60.0 cm³/mol. The van der Waals surface area contributed by atoms with Gasteiger partial charge < -0.3 is 10.5 Å². The fraction of sp³-hybridized carbons (Fsp3) is 0. The predicted octanol–water partition coefficient (Wildman–Crippen LogP) is 2.87. The van der Waals surface area contributed by atoms with Crippen LogP contribution in [0.25, 0.3) is 10.4 Å². The number of primary amides is 1. The lowest BCUT2D eigenvalue weighted by Crippen LogP contribution is -2.16. The quantitative estimate of drug-likeness (QED) is 0.844. The summed E-state index contributed by atoms with van der Waals surface area (Å²) in [6.45, 7) is 0. The van der Waals surface area contributed by atoms with Gasteiger partial charge in [0.1, 0.15) is 0 Å². The van der Waals surface area contributed by atoms with E-state index in [1.54, 1.807) is 6.07 Å². The first-order chi connectivity index (χ1) is 7.27. The molecule has 1 amide bonds. The Balaban J connectivity index is 2.37. The Bertz CT molecular complexity index is 464. The Hall–Kier alpha value is -1.81. The molecule has 2 N–H and O–H groups in total. The van der Waals surface area contributed by atoms with E-state index >= 15 is 0 Å². The highest BCUT2D eigenvalue weighted by atomic mass is 32.1. The van der Waals surface area contributed by atoms with Crippen molar-refractivity contribution in [3.05, 3.63) is 41.8 Å². The van der Waals surface area contributed by atoms with Gasteiger partial charge in [0.15, 0.2) is 5.75 Å². The van der Waals surface area contributed by atoms with Crippen LogP contribution in [0.1, 0.15) is 0 Å². The standard InChI is InChI=1S/C11H9NO2S/c12-11(13)14-9-6-7-15-10(9)8-4-2-1-3-5-8/h1-7H,(H2,12,13). The van der Waals surface area contributed by atoms with Gasteiger partial charge >= 0.3 is 6.09 Å². The number of rotatable bonds is 2. The molecule has 0 aliphatic carbocycles. The number of amides is 1. The molecule has 0 saturated carbocycles. The number of benzene rings is 1. The van der Waals surface area contributed by atoms with Gasteiger partial charge in [-0.15, -0.1) is 11.3 Å². The van der Waals surface area contributed by atoms with E-state index < -0.39 is 6.09 Å². The van der Waals surface area contributed by atoms with Gasteiger partial charge in [0.25, 0.3) is 0 Å². The SMILES string of the molecule is NC(=O)Oc1ccsc1-c1ccccc1. The molecule has 0 unspecified atom stereocenters. The average molecular weight is 219 g/mol. The van der Waals surface area contributed by atoms with Gasteiger partial charge in [0.05, 0.1) is 4.88 Å². The molecule has 2 rings (SSSR count). The minimum Gasteiger partial charge on any atom is -0.409 e. The molecule has 0 saturated heterocycles. The Labute approximate surface area is 91.1 Å². The van der Waals surface area contributed by atoms with Gasteiger partial charge in [0.2, 0.25) is 0 Å². The van der Waals surface area contributed by atoms with Crippen LogP contribution in [-0.4, -0.2) is 6.09 Å². The molecule has 0 atom stereocenters. The zero-order valence-corrected chi connectivity index (χ0v) is 8.66. The highest BCUT2D eigenvalue weighted by Gasteiger charge is 2.09. The van der Waals surface area contributed by atoms with Gasteiger partial charge in [-0.1, -0.05) is 30.3 Å². The van der Waals surface area contributed by atoms with Gasteiger partial charge in [-0.3, -0.25) is 0 Å². The van der Waals surface area contributed by atoms with E-state index in [1.165, 1.54) is 11.3 Å². The van der Waals surface area contributed by atoms with Crippen LogP contribution < -0.4 is 10.5 Å². The summed E-state index contributed by atoms with van der Waals surface area (Å²) >= 11 is 1.51. The first-order valence-corrected chi connectivity index (χ1v) is 5.25. The number of nitrogens with two attached hydrogens (primary N) is 1. The van der Waals surface area contributed by atoms with Crippen LogP contribution in [0, 0.1) is 0 Å². The third kappa shape index (κ3) is 2.16. The molecule has 3 nitrogen and oxygen atoms in total. The van der Waals surface area contributed by atoms with Crippen molar-refractivity contribution < 1.29 is 9.53 Å². The molecule has 0 spiro atoms. The van der Waals surface area contributed by atoms with E-state index in [1.807, 2.05) is 35.7 Å². The first-order valence-electron chi connectivity index (χ1n) is 4.37. The second kappa shape index (κ2) is 4.14. The smallest absolute Gasteiger partial charge is 0.409 e. The van der Waals surface area contributed by atoms with E-state index in [4.69, 9.17) is 10.5 Å². The zero-order chi connectivity index (χ0) is 10.7. The number of hydrogen-bond donors (Lipinski definition) is 1. The zero-order valence-electron chi connectivity index (χ0n) is 7.84. The largest absolute Gasteiger partial charge is 0.410 e. The second-order valence-electron chi connectivity index (χ2n) is 2.90. The van der Waals surface area contributed by atoms with Crippen molar-refractivity contribution >= 4 is 17.4 Å². The lowest BCUT2D eigenvalue weighted by molar-refractivity contribution is 0.211. The Morgan fingerprint density at radius 1 is 1.20 bits per heavy atom. The summed E-state index contributed by atoms with van der Waals surface area (Å²) in [5.41, 5.74) is 5.99. The molecule has 0 radical (unpaired) electrons. The summed E-state index contributed by atoms with van der Waals surface area (Å²) in [4.78, 5) is 11.6. The fourth-order valence-corrected chi connectivity index (χ4v) is 2.11. The fourth-order valence-electron chi connectivity index (χ4n) is 1.29. The van der Waals surface area contributed by atoms with E-state index in [-0.39, 0.29) is 0 Å². The summed E-state index contributed by atoms with van der Waals surface area (Å²) in [6, 6.07) is 11.5. The summed E-state index contributed by atoms with van der Waals surface area (Å²) in [5.74, 6) is 0.513. The molecular weight excluding hydrogens is 210 g/mol. The average Bonchev–Trinajstić information content (AvgIpc) is 2.66. The molecule has 1 aromatic carbocycles. The highest BCUT2D eigenvalue weighted by Crippen LogP contribution is 2.35. The van der Waals surface area contributed by atoms with E-state index in [0.717, 1.165) is 10.4 Å². The number of carbonyl (C=O) groups is 1. The number of thiophene rings is 1. The number of carbonyl (C=O) groups excluding carboxylic acids is 1. The lowest BCUT2D eigenvalue weighted by Gasteiger charge is -2.02. The third-order valence-electron chi connectivity index (χ3n) is 1.88. The summed E-state index contributed by atoms with van der Waals surface area (Å²) in [5, 5.41) is 1.86. The maximum atomic E-state index is 10.7. The molecule has 4 heteroatoms. The third-order valence-corrected chi connectivity index (χ3v) is 2.82. The van der Waals surface area contributed by atoms with Crippen LogP contribution >= 0.6 is 11.3 Å². The molecule has 15 heavy (non-hydrogen) atoms. The van der Waals surface area contributed by atoms with Gasteiger partial charge in [-0.25, -0.2) is 4.79 Å². The van der Waals surface area contributed by atoms with Crippen molar-refractivity contribution in [2.24, 2.45) is 5.73 Å². The van der Waals surface area contributed by atoms with Crippen molar-refractivity contribution in [3.63, 3.8) is 0 Å².